The minimum absolute atomic E-state index is 0.168. The number of rotatable bonds is 5. The van der Waals surface area contributed by atoms with E-state index in [1.54, 1.807) is 11.4 Å². The summed E-state index contributed by atoms with van der Waals surface area (Å²) < 4.78 is 24.6. The molecule has 0 bridgehead atoms. The molecule has 3 nitrogen and oxygen atoms in total. The second kappa shape index (κ2) is 5.84. The monoisotopic (exact) mass is 350 g/mol. The van der Waals surface area contributed by atoms with Crippen molar-refractivity contribution >= 4 is 42.9 Å². The number of halogens is 1. The van der Waals surface area contributed by atoms with E-state index in [4.69, 9.17) is 0 Å². The molecule has 1 aliphatic rings. The maximum atomic E-state index is 12.0. The summed E-state index contributed by atoms with van der Waals surface area (Å²) in [5, 5.41) is 1.78. The first-order valence-electron chi connectivity index (χ1n) is 5.94. The lowest BCUT2D eigenvalue weighted by molar-refractivity contribution is 0.102. The van der Waals surface area contributed by atoms with Gasteiger partial charge in [0, 0.05) is 4.47 Å². The Morgan fingerprint density at radius 3 is 2.61 bits per heavy atom. The van der Waals surface area contributed by atoms with E-state index in [0.29, 0.717) is 9.35 Å². The largest absolute Gasteiger partial charge is 0.292 e. The van der Waals surface area contributed by atoms with Crippen LogP contribution in [0.5, 0.6) is 0 Å². The highest BCUT2D eigenvalue weighted by Crippen LogP contribution is 2.27. The molecule has 100 valence electrons. The van der Waals surface area contributed by atoms with E-state index in [1.165, 1.54) is 11.3 Å². The quantitative estimate of drug-likeness (QED) is 0.765. The first kappa shape index (κ1) is 14.2. The Morgan fingerprint density at radius 1 is 1.39 bits per heavy atom. The fourth-order valence-electron chi connectivity index (χ4n) is 2.35. The van der Waals surface area contributed by atoms with Gasteiger partial charge in [0.25, 0.3) is 0 Å². The molecule has 0 radical (unpaired) electrons. The van der Waals surface area contributed by atoms with Crippen LogP contribution in [0.4, 0.5) is 0 Å². The average Bonchev–Trinajstić information content (AvgIpc) is 2.87. The normalized spacial score (nSPS) is 17.2. The molecule has 18 heavy (non-hydrogen) atoms. The number of sulfone groups is 1. The van der Waals surface area contributed by atoms with Gasteiger partial charge in [0.15, 0.2) is 15.6 Å². The van der Waals surface area contributed by atoms with Crippen LogP contribution in [0.3, 0.4) is 0 Å². The SMILES string of the molecule is O=C(CS(=O)(=O)CC1CCCC1)c1sccc1Br. The summed E-state index contributed by atoms with van der Waals surface area (Å²) in [7, 11) is -3.27. The van der Waals surface area contributed by atoms with Crippen LogP contribution in [-0.4, -0.2) is 25.7 Å². The van der Waals surface area contributed by atoms with Crippen molar-refractivity contribution in [1.82, 2.24) is 0 Å². The minimum Gasteiger partial charge on any atom is -0.292 e. The van der Waals surface area contributed by atoms with E-state index in [0.717, 1.165) is 25.7 Å². The number of ketones is 1. The van der Waals surface area contributed by atoms with Crippen molar-refractivity contribution < 1.29 is 13.2 Å². The number of carbonyl (C=O) groups excluding carboxylic acids is 1. The second-order valence-corrected chi connectivity index (χ2v) is 8.61. The molecule has 0 saturated heterocycles. The summed E-state index contributed by atoms with van der Waals surface area (Å²) in [4.78, 5) is 12.4. The van der Waals surface area contributed by atoms with E-state index in [-0.39, 0.29) is 23.2 Å². The Morgan fingerprint density at radius 2 is 2.06 bits per heavy atom. The van der Waals surface area contributed by atoms with Crippen LogP contribution in [-0.2, 0) is 9.84 Å². The van der Waals surface area contributed by atoms with Crippen LogP contribution in [0, 0.1) is 5.92 Å². The van der Waals surface area contributed by atoms with Gasteiger partial charge in [-0.15, -0.1) is 11.3 Å². The predicted octanol–water partition coefficient (Wildman–Crippen LogP) is 3.30. The Labute approximate surface area is 120 Å². The molecule has 1 fully saturated rings. The molecule has 2 rings (SSSR count). The van der Waals surface area contributed by atoms with Crippen molar-refractivity contribution in [3.8, 4) is 0 Å². The molecule has 1 aromatic heterocycles. The van der Waals surface area contributed by atoms with Crippen molar-refractivity contribution in [3.63, 3.8) is 0 Å². The third-order valence-corrected chi connectivity index (χ3v) is 6.75. The minimum atomic E-state index is -3.27. The molecule has 6 heteroatoms. The smallest absolute Gasteiger partial charge is 0.188 e. The van der Waals surface area contributed by atoms with Crippen molar-refractivity contribution in [2.24, 2.45) is 5.92 Å². The Balaban J connectivity index is 1.99. The van der Waals surface area contributed by atoms with Crippen LogP contribution in [0.1, 0.15) is 35.4 Å². The summed E-state index contributed by atoms with van der Waals surface area (Å²) in [6.07, 6.45) is 4.20. The molecule has 0 atom stereocenters. The molecule has 1 aliphatic carbocycles. The number of Topliss-reactive ketones (excluding diaryl/α,β-unsaturated/α-hetero) is 1. The highest BCUT2D eigenvalue weighted by atomic mass is 79.9. The fourth-order valence-corrected chi connectivity index (χ4v) is 5.69. The van der Waals surface area contributed by atoms with Gasteiger partial charge in [-0.3, -0.25) is 4.79 Å². The van der Waals surface area contributed by atoms with Gasteiger partial charge in [0.05, 0.1) is 10.6 Å². The van der Waals surface area contributed by atoms with Crippen LogP contribution in [0.25, 0.3) is 0 Å². The van der Waals surface area contributed by atoms with Gasteiger partial charge in [0.2, 0.25) is 0 Å². The van der Waals surface area contributed by atoms with Crippen LogP contribution < -0.4 is 0 Å². The second-order valence-electron chi connectivity index (χ2n) is 4.73. The summed E-state index contributed by atoms with van der Waals surface area (Å²) in [6, 6.07) is 1.77. The van der Waals surface area contributed by atoms with E-state index in [1.807, 2.05) is 0 Å². The molecule has 0 aliphatic heterocycles. The van der Waals surface area contributed by atoms with E-state index >= 15 is 0 Å². The Kier molecular flexibility index (Phi) is 4.61. The van der Waals surface area contributed by atoms with Crippen LogP contribution in [0.15, 0.2) is 15.9 Å². The molecule has 1 heterocycles. The third kappa shape index (κ3) is 3.65. The van der Waals surface area contributed by atoms with Gasteiger partial charge in [-0.2, -0.15) is 0 Å². The van der Waals surface area contributed by atoms with Gasteiger partial charge < -0.3 is 0 Å². The lowest BCUT2D eigenvalue weighted by atomic mass is 10.1. The average molecular weight is 351 g/mol. The topological polar surface area (TPSA) is 51.2 Å². The van der Waals surface area contributed by atoms with Crippen molar-refractivity contribution in [3.05, 3.63) is 20.8 Å². The van der Waals surface area contributed by atoms with Gasteiger partial charge >= 0.3 is 0 Å². The zero-order chi connectivity index (χ0) is 13.2. The molecule has 0 aromatic carbocycles. The fraction of sp³-hybridized carbons (Fsp3) is 0.583. The lowest BCUT2D eigenvalue weighted by Crippen LogP contribution is -2.22. The predicted molar refractivity (Wildman–Crippen MR) is 77.0 cm³/mol. The maximum Gasteiger partial charge on any atom is 0.188 e. The summed E-state index contributed by atoms with van der Waals surface area (Å²) in [6.45, 7) is 0. The molecule has 0 amide bonds. The molecular weight excluding hydrogens is 336 g/mol. The number of carbonyl (C=O) groups is 1. The van der Waals surface area contributed by atoms with Gasteiger partial charge in [-0.05, 0) is 46.1 Å². The zero-order valence-electron chi connectivity index (χ0n) is 9.89. The van der Waals surface area contributed by atoms with Gasteiger partial charge in [0.1, 0.15) is 5.75 Å². The third-order valence-electron chi connectivity index (χ3n) is 3.19. The van der Waals surface area contributed by atoms with Crippen molar-refractivity contribution in [2.75, 3.05) is 11.5 Å². The molecule has 0 N–H and O–H groups in total. The van der Waals surface area contributed by atoms with E-state index in [2.05, 4.69) is 15.9 Å². The summed E-state index contributed by atoms with van der Waals surface area (Å²) >= 11 is 4.54. The first-order valence-corrected chi connectivity index (χ1v) is 9.44. The van der Waals surface area contributed by atoms with Gasteiger partial charge in [-0.1, -0.05) is 12.8 Å². The summed E-state index contributed by atoms with van der Waals surface area (Å²) in [5.41, 5.74) is 0. The first-order chi connectivity index (χ1) is 8.48. The highest BCUT2D eigenvalue weighted by molar-refractivity contribution is 9.10. The molecule has 0 unspecified atom stereocenters. The lowest BCUT2D eigenvalue weighted by Gasteiger charge is -2.09. The van der Waals surface area contributed by atoms with Crippen molar-refractivity contribution in [2.45, 2.75) is 25.7 Å². The zero-order valence-corrected chi connectivity index (χ0v) is 13.1. The number of hydrogen-bond acceptors (Lipinski definition) is 4. The molecule has 1 aromatic rings. The Bertz CT molecular complexity index is 527. The number of hydrogen-bond donors (Lipinski definition) is 0. The molecular formula is C12H15BrO3S2. The van der Waals surface area contributed by atoms with E-state index in [9.17, 15) is 13.2 Å². The van der Waals surface area contributed by atoms with E-state index < -0.39 is 9.84 Å². The summed E-state index contributed by atoms with van der Waals surface area (Å²) in [5.74, 6) is -0.228. The van der Waals surface area contributed by atoms with Crippen molar-refractivity contribution in [1.29, 1.82) is 0 Å². The maximum absolute atomic E-state index is 12.0. The highest BCUT2D eigenvalue weighted by Gasteiger charge is 2.26. The molecule has 1 saturated carbocycles. The van der Waals surface area contributed by atoms with Crippen LogP contribution in [0.2, 0.25) is 0 Å². The Hall–Kier alpha value is -0.200. The molecule has 0 spiro atoms. The van der Waals surface area contributed by atoms with Gasteiger partial charge in [-0.25, -0.2) is 8.42 Å². The standard InChI is InChI=1S/C12H15BrO3S2/c13-10-5-6-17-12(10)11(14)8-18(15,16)7-9-3-1-2-4-9/h5-6,9H,1-4,7-8H2. The van der Waals surface area contributed by atoms with Crippen LogP contribution >= 0.6 is 27.3 Å². The number of thiophene rings is 1.